The van der Waals surface area contributed by atoms with E-state index in [0.29, 0.717) is 17.4 Å². The second-order valence-corrected chi connectivity index (χ2v) is 7.36. The maximum absolute atomic E-state index is 5.98. The van der Waals surface area contributed by atoms with E-state index in [1.807, 2.05) is 61.5 Å². The number of hydrogen-bond acceptors (Lipinski definition) is 7. The molecule has 132 valence electrons. The molecule has 6 nitrogen and oxygen atoms in total. The smallest absolute Gasteiger partial charge is 0.247 e. The summed E-state index contributed by atoms with van der Waals surface area (Å²) in [6, 6.07) is 17.6. The zero-order valence-corrected chi connectivity index (χ0v) is 15.2. The molecule has 3 aromatic heterocycles. The molecule has 5 rings (SSSR count). The van der Waals surface area contributed by atoms with Gasteiger partial charge in [0.25, 0.3) is 0 Å². The highest BCUT2D eigenvalue weighted by atomic mass is 32.2. The molecule has 0 saturated heterocycles. The van der Waals surface area contributed by atoms with Crippen LogP contribution in [0.2, 0.25) is 0 Å². The minimum Gasteiger partial charge on any atom is -0.451 e. The number of aromatic nitrogens is 4. The van der Waals surface area contributed by atoms with Gasteiger partial charge >= 0.3 is 0 Å². The summed E-state index contributed by atoms with van der Waals surface area (Å²) in [5.41, 5.74) is 3.19. The Morgan fingerprint density at radius 1 is 0.889 bits per heavy atom. The minimum atomic E-state index is -0.0822. The van der Waals surface area contributed by atoms with Crippen LogP contribution < -0.4 is 0 Å². The lowest BCUT2D eigenvalue weighted by atomic mass is 10.2. The number of rotatable bonds is 4. The molecule has 7 heteroatoms. The molecule has 0 fully saturated rings. The molecule has 3 heterocycles. The van der Waals surface area contributed by atoms with Crippen LogP contribution >= 0.6 is 11.8 Å². The third kappa shape index (κ3) is 2.86. The molecule has 27 heavy (non-hydrogen) atoms. The van der Waals surface area contributed by atoms with Gasteiger partial charge in [0.2, 0.25) is 11.8 Å². The average molecular weight is 374 g/mol. The van der Waals surface area contributed by atoms with Gasteiger partial charge in [-0.1, -0.05) is 42.1 Å². The average Bonchev–Trinajstić information content (AvgIpc) is 3.35. The first-order valence-electron chi connectivity index (χ1n) is 8.47. The second kappa shape index (κ2) is 6.51. The molecule has 0 unspecified atom stereocenters. The largest absolute Gasteiger partial charge is 0.451 e. The van der Waals surface area contributed by atoms with Gasteiger partial charge in [-0.25, -0.2) is 9.97 Å². The summed E-state index contributed by atoms with van der Waals surface area (Å²) in [6.45, 7) is 2.00. The maximum Gasteiger partial charge on any atom is 0.247 e. The minimum absolute atomic E-state index is 0.0822. The molecule has 5 aromatic rings. The number of para-hydroxylation sites is 1. The first-order chi connectivity index (χ1) is 13.3. The van der Waals surface area contributed by atoms with E-state index in [2.05, 4.69) is 20.2 Å². The van der Waals surface area contributed by atoms with Crippen LogP contribution in [0.1, 0.15) is 18.1 Å². The Balaban J connectivity index is 1.48. The number of fused-ring (bicyclic) bond motifs is 3. The monoisotopic (exact) mass is 374 g/mol. The topological polar surface area (TPSA) is 77.8 Å². The zero-order chi connectivity index (χ0) is 18.2. The lowest BCUT2D eigenvalue weighted by Crippen LogP contribution is -1.91. The first kappa shape index (κ1) is 16.0. The fourth-order valence-electron chi connectivity index (χ4n) is 2.90. The number of benzene rings is 2. The van der Waals surface area contributed by atoms with Crippen LogP contribution in [0.25, 0.3) is 33.5 Å². The van der Waals surface area contributed by atoms with Gasteiger partial charge in [0.1, 0.15) is 22.5 Å². The Kier molecular flexibility index (Phi) is 3.86. The molecular weight excluding hydrogens is 360 g/mol. The third-order valence-electron chi connectivity index (χ3n) is 4.22. The summed E-state index contributed by atoms with van der Waals surface area (Å²) in [7, 11) is 0. The van der Waals surface area contributed by atoms with Gasteiger partial charge in [-0.2, -0.15) is 0 Å². The number of hydrogen-bond donors (Lipinski definition) is 0. The van der Waals surface area contributed by atoms with Gasteiger partial charge in [-0.3, -0.25) is 0 Å². The highest BCUT2D eigenvalue weighted by Crippen LogP contribution is 2.39. The highest BCUT2D eigenvalue weighted by molar-refractivity contribution is 7.99. The molecule has 0 radical (unpaired) electrons. The second-order valence-electron chi connectivity index (χ2n) is 6.03. The molecule has 0 spiro atoms. The molecule has 2 aromatic carbocycles. The van der Waals surface area contributed by atoms with Crippen LogP contribution in [0, 0.1) is 0 Å². The quantitative estimate of drug-likeness (QED) is 0.313. The third-order valence-corrected chi connectivity index (χ3v) is 5.29. The predicted octanol–water partition coefficient (Wildman–Crippen LogP) is 5.28. The molecule has 0 aliphatic heterocycles. The maximum atomic E-state index is 5.98. The van der Waals surface area contributed by atoms with Gasteiger partial charge in [0.15, 0.2) is 5.58 Å². The van der Waals surface area contributed by atoms with Crippen molar-refractivity contribution in [3.05, 3.63) is 66.8 Å². The Morgan fingerprint density at radius 3 is 2.59 bits per heavy atom. The van der Waals surface area contributed by atoms with E-state index in [-0.39, 0.29) is 5.25 Å². The molecule has 0 amide bonds. The summed E-state index contributed by atoms with van der Waals surface area (Å²) in [5, 5.41) is 10.0. The molecule has 0 bridgehead atoms. The van der Waals surface area contributed by atoms with Gasteiger partial charge < -0.3 is 8.83 Å². The predicted molar refractivity (Wildman–Crippen MR) is 103 cm³/mol. The Hall–Kier alpha value is -3.19. The fourth-order valence-corrected chi connectivity index (χ4v) is 3.79. The summed E-state index contributed by atoms with van der Waals surface area (Å²) < 4.78 is 11.8. The van der Waals surface area contributed by atoms with Crippen molar-refractivity contribution in [2.24, 2.45) is 0 Å². The van der Waals surface area contributed by atoms with Crippen molar-refractivity contribution in [2.75, 3.05) is 0 Å². The summed E-state index contributed by atoms with van der Waals surface area (Å²) in [4.78, 5) is 8.79. The first-order valence-corrected chi connectivity index (χ1v) is 9.35. The lowest BCUT2D eigenvalue weighted by molar-refractivity contribution is 0.509. The lowest BCUT2D eigenvalue weighted by Gasteiger charge is -2.05. The molecular formula is C20H14N4O2S. The van der Waals surface area contributed by atoms with Crippen molar-refractivity contribution in [3.8, 4) is 11.5 Å². The van der Waals surface area contributed by atoms with Crippen molar-refractivity contribution in [3.63, 3.8) is 0 Å². The van der Waals surface area contributed by atoms with Crippen molar-refractivity contribution in [2.45, 2.75) is 17.2 Å². The molecule has 0 N–H and O–H groups in total. The van der Waals surface area contributed by atoms with Crippen LogP contribution in [0.15, 0.2) is 74.8 Å². The van der Waals surface area contributed by atoms with E-state index in [0.717, 1.165) is 27.1 Å². The van der Waals surface area contributed by atoms with Crippen molar-refractivity contribution < 1.29 is 8.83 Å². The standard InChI is InChI=1S/C20H14N4O2S/c1-12(18-23-24-19(26-18)13-7-3-2-4-8-13)27-20-17-16(21-11-22-20)14-9-5-6-10-15(14)25-17/h2-12H,1H3/t12-/m1/s1. The fraction of sp³-hybridized carbons (Fsp3) is 0.100. The van der Waals surface area contributed by atoms with Crippen molar-refractivity contribution in [1.29, 1.82) is 0 Å². The summed E-state index contributed by atoms with van der Waals surface area (Å²) in [5.74, 6) is 1.05. The van der Waals surface area contributed by atoms with E-state index in [4.69, 9.17) is 8.83 Å². The van der Waals surface area contributed by atoms with Crippen molar-refractivity contribution in [1.82, 2.24) is 20.2 Å². The van der Waals surface area contributed by atoms with Gasteiger partial charge in [0.05, 0.1) is 5.25 Å². The highest BCUT2D eigenvalue weighted by Gasteiger charge is 2.20. The van der Waals surface area contributed by atoms with E-state index in [9.17, 15) is 0 Å². The Bertz CT molecular complexity index is 1230. The van der Waals surface area contributed by atoms with E-state index in [1.165, 1.54) is 11.8 Å². The number of nitrogens with zero attached hydrogens (tertiary/aromatic N) is 4. The van der Waals surface area contributed by atoms with Crippen LogP contribution in [-0.4, -0.2) is 20.2 Å². The normalized spacial score (nSPS) is 12.6. The van der Waals surface area contributed by atoms with Crippen LogP contribution in [0.5, 0.6) is 0 Å². The van der Waals surface area contributed by atoms with Crippen LogP contribution in [0.3, 0.4) is 0 Å². The van der Waals surface area contributed by atoms with E-state index < -0.39 is 0 Å². The number of thioether (sulfide) groups is 1. The Morgan fingerprint density at radius 2 is 1.70 bits per heavy atom. The van der Waals surface area contributed by atoms with Crippen molar-refractivity contribution >= 4 is 33.8 Å². The van der Waals surface area contributed by atoms with Crippen LogP contribution in [-0.2, 0) is 0 Å². The Labute approximate surface area is 158 Å². The van der Waals surface area contributed by atoms with E-state index in [1.54, 1.807) is 6.33 Å². The molecule has 1 atom stereocenters. The molecule has 0 saturated carbocycles. The molecule has 0 aliphatic rings. The SMILES string of the molecule is C[C@@H](Sc1ncnc2c1oc1ccccc12)c1nnc(-c2ccccc2)o1. The zero-order valence-electron chi connectivity index (χ0n) is 14.4. The van der Waals surface area contributed by atoms with Gasteiger partial charge in [-0.15, -0.1) is 10.2 Å². The van der Waals surface area contributed by atoms with Gasteiger partial charge in [0, 0.05) is 10.9 Å². The molecule has 0 aliphatic carbocycles. The number of furan rings is 1. The van der Waals surface area contributed by atoms with Gasteiger partial charge in [-0.05, 0) is 31.2 Å². The summed E-state index contributed by atoms with van der Waals surface area (Å²) in [6.07, 6.45) is 1.56. The van der Waals surface area contributed by atoms with E-state index >= 15 is 0 Å². The van der Waals surface area contributed by atoms with Crippen LogP contribution in [0.4, 0.5) is 0 Å². The summed E-state index contributed by atoms with van der Waals surface area (Å²) >= 11 is 1.51.